The number of carbonyl (C=O) groups excluding carboxylic acids is 1. The van der Waals surface area contributed by atoms with E-state index in [2.05, 4.69) is 24.1 Å². The van der Waals surface area contributed by atoms with Crippen molar-refractivity contribution in [2.45, 2.75) is 25.0 Å². The molecule has 1 fully saturated rings. The van der Waals surface area contributed by atoms with Crippen LogP contribution in [0.4, 0.5) is 0 Å². The predicted molar refractivity (Wildman–Crippen MR) is 69.7 cm³/mol. The van der Waals surface area contributed by atoms with Crippen LogP contribution in [0.2, 0.25) is 0 Å². The number of carbonyl (C=O) groups is 1. The fourth-order valence-corrected chi connectivity index (χ4v) is 2.72. The quantitative estimate of drug-likeness (QED) is 0.730. The summed E-state index contributed by atoms with van der Waals surface area (Å²) in [5.74, 6) is 0.189. The van der Waals surface area contributed by atoms with Crippen molar-refractivity contribution >= 4 is 17.7 Å². The standard InChI is InChI=1S/C11H23N3OS/c1-11(2,16-8-10(12)15)9-14-6-3-4-13-5-7-14/h13H,3-9H2,1-2H3,(H2,12,15). The first-order valence-electron chi connectivity index (χ1n) is 5.85. The van der Waals surface area contributed by atoms with Gasteiger partial charge >= 0.3 is 0 Å². The van der Waals surface area contributed by atoms with Gasteiger partial charge in [-0.2, -0.15) is 0 Å². The van der Waals surface area contributed by atoms with Crippen LogP contribution in [-0.4, -0.2) is 54.0 Å². The Bertz CT molecular complexity index is 225. The van der Waals surface area contributed by atoms with Crippen molar-refractivity contribution < 1.29 is 4.79 Å². The second-order valence-corrected chi connectivity index (χ2v) is 6.58. The molecular formula is C11H23N3OS. The van der Waals surface area contributed by atoms with Crippen LogP contribution in [0.1, 0.15) is 20.3 Å². The Morgan fingerprint density at radius 2 is 2.19 bits per heavy atom. The number of rotatable bonds is 5. The molecule has 16 heavy (non-hydrogen) atoms. The molecule has 94 valence electrons. The summed E-state index contributed by atoms with van der Waals surface area (Å²) in [6.45, 7) is 9.81. The van der Waals surface area contributed by atoms with Crippen molar-refractivity contribution in [1.82, 2.24) is 10.2 Å². The molecule has 5 heteroatoms. The molecule has 0 radical (unpaired) electrons. The van der Waals surface area contributed by atoms with Crippen LogP contribution in [0.3, 0.4) is 0 Å². The van der Waals surface area contributed by atoms with Crippen LogP contribution in [0, 0.1) is 0 Å². The summed E-state index contributed by atoms with van der Waals surface area (Å²) < 4.78 is 0.0966. The van der Waals surface area contributed by atoms with E-state index in [9.17, 15) is 4.79 Å². The zero-order valence-corrected chi connectivity index (χ0v) is 11.1. The molecule has 0 aromatic heterocycles. The molecule has 1 saturated heterocycles. The van der Waals surface area contributed by atoms with Crippen molar-refractivity contribution in [2.75, 3.05) is 38.5 Å². The van der Waals surface area contributed by atoms with E-state index in [1.54, 1.807) is 11.8 Å². The minimum atomic E-state index is -0.226. The molecule has 0 saturated carbocycles. The van der Waals surface area contributed by atoms with Crippen molar-refractivity contribution in [2.24, 2.45) is 5.73 Å². The summed E-state index contributed by atoms with van der Waals surface area (Å²) in [6.07, 6.45) is 1.20. The highest BCUT2D eigenvalue weighted by Gasteiger charge is 2.23. The molecule has 3 N–H and O–H groups in total. The number of amides is 1. The van der Waals surface area contributed by atoms with E-state index in [1.165, 1.54) is 6.42 Å². The first-order chi connectivity index (χ1) is 7.49. The van der Waals surface area contributed by atoms with E-state index >= 15 is 0 Å². The molecule has 0 unspecified atom stereocenters. The largest absolute Gasteiger partial charge is 0.369 e. The van der Waals surface area contributed by atoms with Gasteiger partial charge in [0.05, 0.1) is 5.75 Å². The summed E-state index contributed by atoms with van der Waals surface area (Å²) in [5, 5.41) is 3.39. The average molecular weight is 245 g/mol. The van der Waals surface area contributed by atoms with Crippen molar-refractivity contribution in [3.05, 3.63) is 0 Å². The van der Waals surface area contributed by atoms with Gasteiger partial charge in [-0.1, -0.05) is 0 Å². The van der Waals surface area contributed by atoms with Gasteiger partial charge in [0.15, 0.2) is 0 Å². The number of hydrogen-bond donors (Lipinski definition) is 2. The molecule has 1 rings (SSSR count). The maximum Gasteiger partial charge on any atom is 0.227 e. The Morgan fingerprint density at radius 3 is 2.88 bits per heavy atom. The van der Waals surface area contributed by atoms with E-state index in [0.29, 0.717) is 5.75 Å². The van der Waals surface area contributed by atoms with Crippen LogP contribution in [0.25, 0.3) is 0 Å². The van der Waals surface area contributed by atoms with Gasteiger partial charge in [0.2, 0.25) is 5.91 Å². The van der Waals surface area contributed by atoms with E-state index in [4.69, 9.17) is 5.73 Å². The number of primary amides is 1. The van der Waals surface area contributed by atoms with E-state index in [-0.39, 0.29) is 10.7 Å². The monoisotopic (exact) mass is 245 g/mol. The third-order valence-corrected chi connectivity index (χ3v) is 3.98. The molecule has 1 aliphatic heterocycles. The van der Waals surface area contributed by atoms with Crippen molar-refractivity contribution in [1.29, 1.82) is 0 Å². The van der Waals surface area contributed by atoms with Crippen LogP contribution in [-0.2, 0) is 4.79 Å². The Labute approximate surface area is 102 Å². The smallest absolute Gasteiger partial charge is 0.227 e. The summed E-state index contributed by atoms with van der Waals surface area (Å²) in [5.41, 5.74) is 5.17. The highest BCUT2D eigenvalue weighted by molar-refractivity contribution is 8.01. The third kappa shape index (κ3) is 5.72. The van der Waals surface area contributed by atoms with Gasteiger partial charge in [-0.15, -0.1) is 11.8 Å². The van der Waals surface area contributed by atoms with Gasteiger partial charge in [-0.25, -0.2) is 0 Å². The van der Waals surface area contributed by atoms with Gasteiger partial charge in [0, 0.05) is 24.4 Å². The highest BCUT2D eigenvalue weighted by Crippen LogP contribution is 2.25. The fraction of sp³-hybridized carbons (Fsp3) is 0.909. The first-order valence-corrected chi connectivity index (χ1v) is 6.83. The Hall–Kier alpha value is -0.260. The second-order valence-electron chi connectivity index (χ2n) is 4.89. The molecule has 0 spiro atoms. The lowest BCUT2D eigenvalue weighted by atomic mass is 10.2. The molecule has 1 heterocycles. The lowest BCUT2D eigenvalue weighted by molar-refractivity contribution is -0.115. The fourth-order valence-electron chi connectivity index (χ4n) is 1.91. The second kappa shape index (κ2) is 6.47. The molecule has 0 bridgehead atoms. The maximum absolute atomic E-state index is 10.8. The van der Waals surface area contributed by atoms with E-state index < -0.39 is 0 Å². The molecule has 0 aliphatic carbocycles. The van der Waals surface area contributed by atoms with E-state index in [0.717, 1.165) is 32.7 Å². The Kier molecular flexibility index (Phi) is 5.58. The zero-order valence-electron chi connectivity index (χ0n) is 10.3. The van der Waals surface area contributed by atoms with Crippen molar-refractivity contribution in [3.8, 4) is 0 Å². The van der Waals surface area contributed by atoms with Crippen LogP contribution in [0.15, 0.2) is 0 Å². The summed E-state index contributed by atoms with van der Waals surface area (Å²) >= 11 is 1.65. The van der Waals surface area contributed by atoms with Gasteiger partial charge < -0.3 is 16.0 Å². The molecule has 4 nitrogen and oxygen atoms in total. The van der Waals surface area contributed by atoms with Gasteiger partial charge in [0.1, 0.15) is 0 Å². The lowest BCUT2D eigenvalue weighted by Gasteiger charge is -2.31. The lowest BCUT2D eigenvalue weighted by Crippen LogP contribution is -2.39. The topological polar surface area (TPSA) is 58.4 Å². The number of nitrogens with zero attached hydrogens (tertiary/aromatic N) is 1. The minimum Gasteiger partial charge on any atom is -0.369 e. The Balaban J connectivity index is 2.34. The minimum absolute atomic E-state index is 0.0966. The average Bonchev–Trinajstić information content (AvgIpc) is 2.43. The summed E-state index contributed by atoms with van der Waals surface area (Å²) in [6, 6.07) is 0. The number of nitrogens with one attached hydrogen (secondary N) is 1. The number of thioether (sulfide) groups is 1. The van der Waals surface area contributed by atoms with E-state index in [1.807, 2.05) is 0 Å². The van der Waals surface area contributed by atoms with Crippen LogP contribution in [0.5, 0.6) is 0 Å². The molecule has 1 amide bonds. The molecule has 0 aromatic rings. The predicted octanol–water partition coefficient (Wildman–Crippen LogP) is 0.279. The maximum atomic E-state index is 10.8. The summed E-state index contributed by atoms with van der Waals surface area (Å²) in [7, 11) is 0. The molecule has 0 aromatic carbocycles. The third-order valence-electron chi connectivity index (χ3n) is 2.64. The molecule has 1 aliphatic rings. The zero-order chi connectivity index (χ0) is 12.0. The normalized spacial score (nSPS) is 19.4. The van der Waals surface area contributed by atoms with Gasteiger partial charge in [-0.3, -0.25) is 4.79 Å². The van der Waals surface area contributed by atoms with Crippen LogP contribution >= 0.6 is 11.8 Å². The molecular weight excluding hydrogens is 222 g/mol. The van der Waals surface area contributed by atoms with Crippen molar-refractivity contribution in [3.63, 3.8) is 0 Å². The van der Waals surface area contributed by atoms with Gasteiger partial charge in [0.25, 0.3) is 0 Å². The highest BCUT2D eigenvalue weighted by atomic mass is 32.2. The first kappa shape index (κ1) is 13.8. The SMILES string of the molecule is CC(C)(CN1CCCNCC1)SCC(N)=O. The van der Waals surface area contributed by atoms with Crippen LogP contribution < -0.4 is 11.1 Å². The Morgan fingerprint density at radius 1 is 1.44 bits per heavy atom. The summed E-state index contributed by atoms with van der Waals surface area (Å²) in [4.78, 5) is 13.2. The molecule has 0 atom stereocenters. The number of nitrogens with two attached hydrogens (primary N) is 1. The number of hydrogen-bond acceptors (Lipinski definition) is 4. The van der Waals surface area contributed by atoms with Gasteiger partial charge in [-0.05, 0) is 33.4 Å².